The first kappa shape index (κ1) is 15.9. The minimum Gasteiger partial charge on any atom is -0.478 e. The van der Waals surface area contributed by atoms with Crippen LogP contribution in [-0.2, 0) is 7.05 Å². The molecule has 1 amide bonds. The van der Waals surface area contributed by atoms with Crippen LogP contribution in [0, 0.1) is 0 Å². The largest absolute Gasteiger partial charge is 0.478 e. The summed E-state index contributed by atoms with van der Waals surface area (Å²) < 4.78 is 1.94. The molecule has 2 aliphatic heterocycles. The highest BCUT2D eigenvalue weighted by atomic mass is 16.4. The van der Waals surface area contributed by atoms with Crippen molar-refractivity contribution in [3.63, 3.8) is 0 Å². The molecule has 2 aromatic rings. The van der Waals surface area contributed by atoms with E-state index in [0.29, 0.717) is 11.5 Å². The maximum absolute atomic E-state index is 13.0. The van der Waals surface area contributed by atoms with E-state index in [2.05, 4.69) is 11.2 Å². The highest BCUT2D eigenvalue weighted by Crippen LogP contribution is 2.43. The molecule has 130 valence electrons. The summed E-state index contributed by atoms with van der Waals surface area (Å²) in [4.78, 5) is 26.0. The Morgan fingerprint density at radius 2 is 1.64 bits per heavy atom. The standard InChI is InChI=1S/C19H21N3O3/c1-21-17(8-9-20-21)14-10-15-6-7-16(11-14)22(15)18(23)12-2-4-13(5-3-12)19(24)25/h2-5,8-9,14-16H,6-7,10-11H2,1H3,(H,24,25)/t14?,15-,16+. The van der Waals surface area contributed by atoms with Crippen molar-refractivity contribution in [1.29, 1.82) is 0 Å². The molecule has 0 radical (unpaired) electrons. The molecule has 2 saturated heterocycles. The van der Waals surface area contributed by atoms with E-state index in [1.54, 1.807) is 12.1 Å². The number of rotatable bonds is 3. The monoisotopic (exact) mass is 339 g/mol. The van der Waals surface area contributed by atoms with Crippen molar-refractivity contribution in [2.45, 2.75) is 43.7 Å². The Labute approximate surface area is 146 Å². The van der Waals surface area contributed by atoms with E-state index in [4.69, 9.17) is 5.11 Å². The molecule has 0 spiro atoms. The molecule has 0 saturated carbocycles. The van der Waals surface area contributed by atoms with E-state index in [0.717, 1.165) is 25.7 Å². The van der Waals surface area contributed by atoms with E-state index < -0.39 is 5.97 Å². The average Bonchev–Trinajstić information content (AvgIpc) is 3.15. The van der Waals surface area contributed by atoms with E-state index in [1.807, 2.05) is 22.8 Å². The molecule has 2 fully saturated rings. The van der Waals surface area contributed by atoms with Gasteiger partial charge in [0.15, 0.2) is 0 Å². The van der Waals surface area contributed by atoms with Crippen molar-refractivity contribution in [3.05, 3.63) is 53.3 Å². The van der Waals surface area contributed by atoms with Crippen molar-refractivity contribution in [2.75, 3.05) is 0 Å². The number of nitrogens with zero attached hydrogens (tertiary/aromatic N) is 3. The molecule has 1 aromatic heterocycles. The number of carboxylic acids is 1. The van der Waals surface area contributed by atoms with Gasteiger partial charge in [-0.3, -0.25) is 9.48 Å². The second-order valence-electron chi connectivity index (χ2n) is 7.03. The minimum atomic E-state index is -0.976. The van der Waals surface area contributed by atoms with Crippen LogP contribution in [0.1, 0.15) is 58.0 Å². The van der Waals surface area contributed by atoms with Crippen molar-refractivity contribution in [3.8, 4) is 0 Å². The number of hydrogen-bond donors (Lipinski definition) is 1. The van der Waals surface area contributed by atoms with Gasteiger partial charge in [-0.2, -0.15) is 5.10 Å². The lowest BCUT2D eigenvalue weighted by Gasteiger charge is -2.39. The second kappa shape index (κ2) is 6.02. The second-order valence-corrected chi connectivity index (χ2v) is 7.03. The Morgan fingerprint density at radius 1 is 1.04 bits per heavy atom. The number of hydrogen-bond acceptors (Lipinski definition) is 3. The van der Waals surface area contributed by atoms with Gasteiger partial charge in [0.1, 0.15) is 0 Å². The Kier molecular flexibility index (Phi) is 3.82. The summed E-state index contributed by atoms with van der Waals surface area (Å²) in [6.07, 6.45) is 5.85. The van der Waals surface area contributed by atoms with Crippen LogP contribution in [0.2, 0.25) is 0 Å². The third-order valence-electron chi connectivity index (χ3n) is 5.62. The van der Waals surface area contributed by atoms with Gasteiger partial charge in [-0.1, -0.05) is 0 Å². The highest BCUT2D eigenvalue weighted by Gasteiger charge is 2.44. The summed E-state index contributed by atoms with van der Waals surface area (Å²) in [5.74, 6) is -0.507. The van der Waals surface area contributed by atoms with Crippen LogP contribution in [-0.4, -0.2) is 43.7 Å². The maximum atomic E-state index is 13.0. The lowest BCUT2D eigenvalue weighted by Crippen LogP contribution is -2.46. The number of carboxylic acid groups (broad SMARTS) is 1. The summed E-state index contributed by atoms with van der Waals surface area (Å²) >= 11 is 0. The smallest absolute Gasteiger partial charge is 0.335 e. The SMILES string of the molecule is Cn1nccc1C1C[C@H]2CC[C@@H](C1)N2C(=O)c1ccc(C(=O)O)cc1. The zero-order valence-corrected chi connectivity index (χ0v) is 14.1. The molecule has 0 aliphatic carbocycles. The Hall–Kier alpha value is -2.63. The normalized spacial score (nSPS) is 25.2. The van der Waals surface area contributed by atoms with Gasteiger partial charge in [-0.05, 0) is 56.0 Å². The lowest BCUT2D eigenvalue weighted by atomic mass is 9.87. The molecule has 3 heterocycles. The fraction of sp³-hybridized carbons (Fsp3) is 0.421. The third kappa shape index (κ3) is 2.71. The lowest BCUT2D eigenvalue weighted by molar-refractivity contribution is 0.0566. The van der Waals surface area contributed by atoms with Crippen LogP contribution in [0.25, 0.3) is 0 Å². The molecule has 1 aromatic carbocycles. The van der Waals surface area contributed by atoms with E-state index in [1.165, 1.54) is 17.8 Å². The van der Waals surface area contributed by atoms with Crippen LogP contribution in [0.3, 0.4) is 0 Å². The topological polar surface area (TPSA) is 75.4 Å². The van der Waals surface area contributed by atoms with Gasteiger partial charge >= 0.3 is 5.97 Å². The van der Waals surface area contributed by atoms with Gasteiger partial charge in [-0.15, -0.1) is 0 Å². The Morgan fingerprint density at radius 3 is 2.16 bits per heavy atom. The fourth-order valence-corrected chi connectivity index (χ4v) is 4.44. The van der Waals surface area contributed by atoms with Crippen LogP contribution in [0.5, 0.6) is 0 Å². The first-order valence-corrected chi connectivity index (χ1v) is 8.68. The number of amides is 1. The number of aryl methyl sites for hydroxylation is 1. The van der Waals surface area contributed by atoms with Gasteiger partial charge in [0, 0.05) is 42.5 Å². The summed E-state index contributed by atoms with van der Waals surface area (Å²) in [6, 6.07) is 8.83. The summed E-state index contributed by atoms with van der Waals surface area (Å²) in [7, 11) is 1.97. The molecule has 25 heavy (non-hydrogen) atoms. The molecule has 4 rings (SSSR count). The first-order chi connectivity index (χ1) is 12.0. The van der Waals surface area contributed by atoms with Crippen LogP contribution >= 0.6 is 0 Å². The van der Waals surface area contributed by atoms with Crippen LogP contribution in [0.15, 0.2) is 36.5 Å². The summed E-state index contributed by atoms with van der Waals surface area (Å²) in [5, 5.41) is 13.3. The number of carbonyl (C=O) groups is 2. The van der Waals surface area contributed by atoms with Gasteiger partial charge in [0.2, 0.25) is 0 Å². The predicted molar refractivity (Wildman–Crippen MR) is 91.6 cm³/mol. The van der Waals surface area contributed by atoms with Gasteiger partial charge in [-0.25, -0.2) is 4.79 Å². The summed E-state index contributed by atoms with van der Waals surface area (Å²) in [6.45, 7) is 0. The van der Waals surface area contributed by atoms with Crippen LogP contribution in [0.4, 0.5) is 0 Å². The highest BCUT2D eigenvalue weighted by molar-refractivity contribution is 5.96. The fourth-order valence-electron chi connectivity index (χ4n) is 4.44. The number of piperidine rings is 1. The van der Waals surface area contributed by atoms with Gasteiger partial charge in [0.05, 0.1) is 5.56 Å². The molecule has 6 nitrogen and oxygen atoms in total. The van der Waals surface area contributed by atoms with E-state index >= 15 is 0 Å². The molecule has 3 atom stereocenters. The van der Waals surface area contributed by atoms with Gasteiger partial charge < -0.3 is 10.0 Å². The number of aromatic carboxylic acids is 1. The maximum Gasteiger partial charge on any atom is 0.335 e. The van der Waals surface area contributed by atoms with E-state index in [-0.39, 0.29) is 23.6 Å². The van der Waals surface area contributed by atoms with Crippen molar-refractivity contribution < 1.29 is 14.7 Å². The molecule has 2 aliphatic rings. The van der Waals surface area contributed by atoms with Crippen molar-refractivity contribution in [2.24, 2.45) is 7.05 Å². The molecule has 2 bridgehead atoms. The Bertz CT molecular complexity index is 798. The molecule has 1 N–H and O–H groups in total. The number of carbonyl (C=O) groups excluding carboxylic acids is 1. The predicted octanol–water partition coefficient (Wildman–Crippen LogP) is 2.67. The zero-order valence-electron chi connectivity index (χ0n) is 14.1. The molecule has 1 unspecified atom stereocenters. The molecular weight excluding hydrogens is 318 g/mol. The van der Waals surface area contributed by atoms with Crippen molar-refractivity contribution >= 4 is 11.9 Å². The van der Waals surface area contributed by atoms with E-state index in [9.17, 15) is 9.59 Å². The molecular formula is C19H21N3O3. The van der Waals surface area contributed by atoms with Gasteiger partial charge in [0.25, 0.3) is 5.91 Å². The number of aromatic nitrogens is 2. The zero-order chi connectivity index (χ0) is 17.6. The Balaban J connectivity index is 1.53. The number of benzene rings is 1. The minimum absolute atomic E-state index is 0.0212. The first-order valence-electron chi connectivity index (χ1n) is 8.68. The molecule has 6 heteroatoms. The van der Waals surface area contributed by atoms with Crippen LogP contribution < -0.4 is 0 Å². The average molecular weight is 339 g/mol. The third-order valence-corrected chi connectivity index (χ3v) is 5.62. The quantitative estimate of drug-likeness (QED) is 0.933. The van der Waals surface area contributed by atoms with Crippen molar-refractivity contribution in [1.82, 2.24) is 14.7 Å². The number of fused-ring (bicyclic) bond motifs is 2. The summed E-state index contributed by atoms with van der Waals surface area (Å²) in [5.41, 5.74) is 2.02.